The molecule has 2 rings (SSSR count). The SMILES string of the molecule is C#CCNC(=O)COC(=O)/C=C/c1cc(Cl)c2c(c1)OCO2. The molecule has 1 aliphatic rings. The Balaban J connectivity index is 1.89. The second-order valence-electron chi connectivity index (χ2n) is 4.16. The zero-order valence-corrected chi connectivity index (χ0v) is 12.2. The Labute approximate surface area is 132 Å². The molecule has 0 saturated heterocycles. The summed E-state index contributed by atoms with van der Waals surface area (Å²) >= 11 is 6.02. The van der Waals surface area contributed by atoms with Crippen LogP contribution in [0.15, 0.2) is 18.2 Å². The van der Waals surface area contributed by atoms with Gasteiger partial charge in [0, 0.05) is 6.08 Å². The van der Waals surface area contributed by atoms with E-state index in [9.17, 15) is 9.59 Å². The molecule has 114 valence electrons. The molecule has 1 amide bonds. The van der Waals surface area contributed by atoms with Gasteiger partial charge in [0.05, 0.1) is 11.6 Å². The number of nitrogens with one attached hydrogen (secondary N) is 1. The number of benzene rings is 1. The van der Waals surface area contributed by atoms with Crippen LogP contribution in [0.4, 0.5) is 0 Å². The summed E-state index contributed by atoms with van der Waals surface area (Å²) in [5, 5.41) is 2.76. The number of fused-ring (bicyclic) bond motifs is 1. The third-order valence-corrected chi connectivity index (χ3v) is 2.88. The maximum Gasteiger partial charge on any atom is 0.331 e. The van der Waals surface area contributed by atoms with Crippen molar-refractivity contribution in [3.63, 3.8) is 0 Å². The van der Waals surface area contributed by atoms with Crippen LogP contribution < -0.4 is 14.8 Å². The largest absolute Gasteiger partial charge is 0.454 e. The van der Waals surface area contributed by atoms with Crippen molar-refractivity contribution < 1.29 is 23.8 Å². The number of rotatable bonds is 5. The highest BCUT2D eigenvalue weighted by atomic mass is 35.5. The van der Waals surface area contributed by atoms with E-state index in [1.807, 2.05) is 0 Å². The van der Waals surface area contributed by atoms with Crippen molar-refractivity contribution in [2.75, 3.05) is 19.9 Å². The Hall–Kier alpha value is -2.65. The third kappa shape index (κ3) is 4.17. The number of ether oxygens (including phenoxy) is 3. The molecule has 0 saturated carbocycles. The molecule has 0 spiro atoms. The van der Waals surface area contributed by atoms with Crippen LogP contribution in [-0.2, 0) is 14.3 Å². The molecule has 7 heteroatoms. The summed E-state index contributed by atoms with van der Waals surface area (Å²) in [5.41, 5.74) is 0.642. The molecule has 0 unspecified atom stereocenters. The summed E-state index contributed by atoms with van der Waals surface area (Å²) in [6.45, 7) is -0.203. The quantitative estimate of drug-likeness (QED) is 0.504. The number of carbonyl (C=O) groups excluding carboxylic acids is 2. The zero-order valence-electron chi connectivity index (χ0n) is 11.4. The van der Waals surface area contributed by atoms with Crippen molar-refractivity contribution in [3.8, 4) is 23.8 Å². The number of carbonyl (C=O) groups is 2. The van der Waals surface area contributed by atoms with E-state index in [-0.39, 0.29) is 13.3 Å². The summed E-state index contributed by atoms with van der Waals surface area (Å²) in [6.07, 6.45) is 7.66. The molecular weight excluding hydrogens is 310 g/mol. The first-order valence-corrected chi connectivity index (χ1v) is 6.62. The van der Waals surface area contributed by atoms with Crippen LogP contribution in [0.1, 0.15) is 5.56 Å². The summed E-state index contributed by atoms with van der Waals surface area (Å²) in [5.74, 6) is 2.10. The molecular formula is C15H12ClNO5. The zero-order chi connectivity index (χ0) is 15.9. The van der Waals surface area contributed by atoms with Crippen LogP contribution in [0.25, 0.3) is 6.08 Å². The first-order chi connectivity index (χ1) is 10.6. The van der Waals surface area contributed by atoms with Gasteiger partial charge in [-0.15, -0.1) is 6.42 Å². The fourth-order valence-corrected chi connectivity index (χ4v) is 1.91. The van der Waals surface area contributed by atoms with E-state index in [0.29, 0.717) is 22.1 Å². The minimum atomic E-state index is -0.662. The normalized spacial score (nSPS) is 12.0. The van der Waals surface area contributed by atoms with Crippen LogP contribution in [0.5, 0.6) is 11.5 Å². The molecule has 1 aliphatic heterocycles. The van der Waals surface area contributed by atoms with Crippen LogP contribution in [0, 0.1) is 12.3 Å². The van der Waals surface area contributed by atoms with Crippen LogP contribution in [-0.4, -0.2) is 31.8 Å². The number of hydrogen-bond acceptors (Lipinski definition) is 5. The summed E-state index contributed by atoms with van der Waals surface area (Å²) in [4.78, 5) is 22.7. The highest BCUT2D eigenvalue weighted by molar-refractivity contribution is 6.32. The van der Waals surface area contributed by atoms with E-state index in [0.717, 1.165) is 0 Å². The van der Waals surface area contributed by atoms with Gasteiger partial charge in [-0.25, -0.2) is 4.79 Å². The van der Waals surface area contributed by atoms with E-state index in [2.05, 4.69) is 11.2 Å². The molecule has 1 aromatic rings. The van der Waals surface area contributed by atoms with Crippen molar-refractivity contribution in [3.05, 3.63) is 28.8 Å². The van der Waals surface area contributed by atoms with Gasteiger partial charge < -0.3 is 19.5 Å². The van der Waals surface area contributed by atoms with Gasteiger partial charge in [-0.1, -0.05) is 17.5 Å². The minimum absolute atomic E-state index is 0.0852. The molecule has 0 aliphatic carbocycles. The molecule has 6 nitrogen and oxygen atoms in total. The summed E-state index contributed by atoms with van der Waals surface area (Å²) in [7, 11) is 0. The monoisotopic (exact) mass is 321 g/mol. The second-order valence-corrected chi connectivity index (χ2v) is 4.57. The fourth-order valence-electron chi connectivity index (χ4n) is 1.63. The lowest BCUT2D eigenvalue weighted by Gasteiger charge is -2.02. The Morgan fingerprint density at radius 3 is 3.05 bits per heavy atom. The lowest BCUT2D eigenvalue weighted by atomic mass is 10.2. The van der Waals surface area contributed by atoms with Crippen LogP contribution in [0.3, 0.4) is 0 Å². The number of hydrogen-bond donors (Lipinski definition) is 1. The molecule has 22 heavy (non-hydrogen) atoms. The van der Waals surface area contributed by atoms with Gasteiger partial charge in [0.25, 0.3) is 5.91 Å². The van der Waals surface area contributed by atoms with E-state index in [4.69, 9.17) is 32.2 Å². The number of amides is 1. The third-order valence-electron chi connectivity index (χ3n) is 2.59. The first-order valence-electron chi connectivity index (χ1n) is 6.24. The average Bonchev–Trinajstić information content (AvgIpc) is 2.97. The van der Waals surface area contributed by atoms with Gasteiger partial charge in [0.1, 0.15) is 0 Å². The van der Waals surface area contributed by atoms with Gasteiger partial charge in [-0.3, -0.25) is 4.79 Å². The van der Waals surface area contributed by atoms with Crippen molar-refractivity contribution in [2.45, 2.75) is 0 Å². The lowest BCUT2D eigenvalue weighted by molar-refractivity contribution is -0.143. The predicted molar refractivity (Wildman–Crippen MR) is 79.4 cm³/mol. The Bertz CT molecular complexity index is 663. The number of terminal acetylenes is 1. The van der Waals surface area contributed by atoms with Crippen molar-refractivity contribution in [1.82, 2.24) is 5.32 Å². The smallest absolute Gasteiger partial charge is 0.331 e. The Kier molecular flexibility index (Phi) is 5.28. The van der Waals surface area contributed by atoms with Crippen LogP contribution in [0.2, 0.25) is 5.02 Å². The highest BCUT2D eigenvalue weighted by Crippen LogP contribution is 2.39. The molecule has 1 aromatic carbocycles. The van der Waals surface area contributed by atoms with Gasteiger partial charge in [-0.05, 0) is 23.8 Å². The molecule has 0 radical (unpaired) electrons. The van der Waals surface area contributed by atoms with E-state index in [1.165, 1.54) is 12.2 Å². The van der Waals surface area contributed by atoms with E-state index in [1.54, 1.807) is 12.1 Å². The molecule has 0 fully saturated rings. The summed E-state index contributed by atoms with van der Waals surface area (Å²) in [6, 6.07) is 3.30. The van der Waals surface area contributed by atoms with Gasteiger partial charge in [0.2, 0.25) is 6.79 Å². The van der Waals surface area contributed by atoms with E-state index < -0.39 is 18.5 Å². The van der Waals surface area contributed by atoms with Crippen molar-refractivity contribution in [2.24, 2.45) is 0 Å². The molecule has 1 heterocycles. The average molecular weight is 322 g/mol. The van der Waals surface area contributed by atoms with Gasteiger partial charge in [0.15, 0.2) is 18.1 Å². The van der Waals surface area contributed by atoms with E-state index >= 15 is 0 Å². The fraction of sp³-hybridized carbons (Fsp3) is 0.200. The molecule has 0 bridgehead atoms. The van der Waals surface area contributed by atoms with Gasteiger partial charge in [-0.2, -0.15) is 0 Å². The topological polar surface area (TPSA) is 73.9 Å². The lowest BCUT2D eigenvalue weighted by Crippen LogP contribution is -2.28. The summed E-state index contributed by atoms with van der Waals surface area (Å²) < 4.78 is 15.1. The van der Waals surface area contributed by atoms with Crippen molar-refractivity contribution >= 4 is 29.6 Å². The molecule has 0 aromatic heterocycles. The number of halogens is 1. The number of esters is 1. The van der Waals surface area contributed by atoms with Crippen molar-refractivity contribution in [1.29, 1.82) is 0 Å². The molecule has 1 N–H and O–H groups in total. The standard InChI is InChI=1S/C15H12ClNO5/c1-2-5-17-13(18)8-20-14(19)4-3-10-6-11(16)15-12(7-10)21-9-22-15/h1,3-4,6-7H,5,8-9H2,(H,17,18)/b4-3+. The van der Waals surface area contributed by atoms with Crippen LogP contribution >= 0.6 is 11.6 Å². The first kappa shape index (κ1) is 15.7. The predicted octanol–water partition coefficient (Wildman–Crippen LogP) is 1.37. The Morgan fingerprint density at radius 2 is 2.27 bits per heavy atom. The van der Waals surface area contributed by atoms with Gasteiger partial charge >= 0.3 is 5.97 Å². The maximum absolute atomic E-state index is 11.5. The maximum atomic E-state index is 11.5. The Morgan fingerprint density at radius 1 is 1.45 bits per heavy atom. The second kappa shape index (κ2) is 7.38. The minimum Gasteiger partial charge on any atom is -0.454 e. The highest BCUT2D eigenvalue weighted by Gasteiger charge is 2.17. The molecule has 0 atom stereocenters.